The van der Waals surface area contributed by atoms with E-state index in [-0.39, 0.29) is 24.8 Å². The van der Waals surface area contributed by atoms with E-state index in [2.05, 4.69) is 17.2 Å². The van der Waals surface area contributed by atoms with Crippen molar-refractivity contribution in [1.82, 2.24) is 5.32 Å². The molecule has 4 nitrogen and oxygen atoms in total. The molecule has 2 aromatic rings. The molecule has 116 valence electrons. The molecule has 0 atom stereocenters. The monoisotopic (exact) mass is 307 g/mol. The Morgan fingerprint density at radius 2 is 1.74 bits per heavy atom. The highest BCUT2D eigenvalue weighted by Gasteiger charge is 2.03. The summed E-state index contributed by atoms with van der Waals surface area (Å²) in [5.74, 6) is 6.12. The van der Waals surface area contributed by atoms with E-state index in [1.165, 1.54) is 6.92 Å². The molecule has 2 rings (SSSR count). The van der Waals surface area contributed by atoms with Gasteiger partial charge in [-0.2, -0.15) is 0 Å². The predicted molar refractivity (Wildman–Crippen MR) is 88.3 cm³/mol. The quantitative estimate of drug-likeness (QED) is 0.682. The van der Waals surface area contributed by atoms with Gasteiger partial charge in [0.25, 0.3) is 5.91 Å². The lowest BCUT2D eigenvalue weighted by Crippen LogP contribution is -2.29. The zero-order valence-electron chi connectivity index (χ0n) is 12.8. The second-order valence-electron chi connectivity index (χ2n) is 4.81. The van der Waals surface area contributed by atoms with Crippen molar-refractivity contribution in [2.24, 2.45) is 0 Å². The molecule has 0 aliphatic rings. The summed E-state index contributed by atoms with van der Waals surface area (Å²) in [5, 5.41) is 2.66. The SMILES string of the molecule is CC(=O)c1ccc(OCC(=O)NCC#Cc2ccccc2)cc1. The van der Waals surface area contributed by atoms with Crippen LogP contribution in [0.3, 0.4) is 0 Å². The van der Waals surface area contributed by atoms with E-state index in [9.17, 15) is 9.59 Å². The van der Waals surface area contributed by atoms with Crippen molar-refractivity contribution < 1.29 is 14.3 Å². The summed E-state index contributed by atoms with van der Waals surface area (Å²) in [6.07, 6.45) is 0. The first-order valence-corrected chi connectivity index (χ1v) is 7.19. The molecule has 0 aliphatic heterocycles. The van der Waals surface area contributed by atoms with Gasteiger partial charge in [-0.25, -0.2) is 0 Å². The van der Waals surface area contributed by atoms with Crippen molar-refractivity contribution in [3.8, 4) is 17.6 Å². The molecule has 0 unspecified atom stereocenters. The zero-order chi connectivity index (χ0) is 16.5. The molecule has 0 spiro atoms. The maximum Gasteiger partial charge on any atom is 0.258 e. The molecule has 1 N–H and O–H groups in total. The van der Waals surface area contributed by atoms with Gasteiger partial charge in [0.15, 0.2) is 12.4 Å². The zero-order valence-corrected chi connectivity index (χ0v) is 12.8. The van der Waals surface area contributed by atoms with E-state index in [1.54, 1.807) is 24.3 Å². The second kappa shape index (κ2) is 8.40. The molecule has 0 aliphatic carbocycles. The van der Waals surface area contributed by atoms with Gasteiger partial charge in [-0.1, -0.05) is 30.0 Å². The summed E-state index contributed by atoms with van der Waals surface area (Å²) in [6.45, 7) is 1.67. The average Bonchev–Trinajstić information content (AvgIpc) is 2.58. The average molecular weight is 307 g/mol. The number of nitrogens with one attached hydrogen (secondary N) is 1. The molecule has 1 amide bonds. The highest BCUT2D eigenvalue weighted by Crippen LogP contribution is 2.12. The fourth-order valence-electron chi connectivity index (χ4n) is 1.80. The minimum atomic E-state index is -0.247. The Balaban J connectivity index is 1.73. The molecular weight excluding hydrogens is 290 g/mol. The van der Waals surface area contributed by atoms with E-state index in [0.29, 0.717) is 11.3 Å². The number of hydrogen-bond acceptors (Lipinski definition) is 3. The Kier molecular flexibility index (Phi) is 5.96. The number of ketones is 1. The number of carbonyl (C=O) groups excluding carboxylic acids is 2. The van der Waals surface area contributed by atoms with E-state index in [0.717, 1.165) is 5.56 Å². The van der Waals surface area contributed by atoms with Crippen molar-refractivity contribution in [3.63, 3.8) is 0 Å². The first kappa shape index (κ1) is 16.3. The lowest BCUT2D eigenvalue weighted by Gasteiger charge is -2.06. The van der Waals surface area contributed by atoms with Gasteiger partial charge in [0.2, 0.25) is 0 Å². The van der Waals surface area contributed by atoms with Gasteiger partial charge in [-0.3, -0.25) is 9.59 Å². The van der Waals surface area contributed by atoms with Gasteiger partial charge in [-0.15, -0.1) is 0 Å². The summed E-state index contributed by atoms with van der Waals surface area (Å²) in [4.78, 5) is 22.8. The molecule has 0 aromatic heterocycles. The topological polar surface area (TPSA) is 55.4 Å². The Labute approximate surface area is 135 Å². The normalized spacial score (nSPS) is 9.43. The van der Waals surface area contributed by atoms with Gasteiger partial charge in [-0.05, 0) is 43.3 Å². The molecule has 0 fully saturated rings. The van der Waals surface area contributed by atoms with E-state index < -0.39 is 0 Å². The molecule has 0 radical (unpaired) electrons. The van der Waals surface area contributed by atoms with Crippen LogP contribution in [0, 0.1) is 11.8 Å². The largest absolute Gasteiger partial charge is 0.484 e. The third-order valence-electron chi connectivity index (χ3n) is 3.01. The standard InChI is InChI=1S/C19H17NO3/c1-15(21)17-9-11-18(12-10-17)23-14-19(22)20-13-5-8-16-6-3-2-4-7-16/h2-4,6-7,9-12H,13-14H2,1H3,(H,20,22). The Morgan fingerprint density at radius 3 is 2.39 bits per heavy atom. The first-order chi connectivity index (χ1) is 11.1. The number of amides is 1. The Bertz CT molecular complexity index is 725. The third-order valence-corrected chi connectivity index (χ3v) is 3.01. The molecule has 23 heavy (non-hydrogen) atoms. The van der Waals surface area contributed by atoms with Crippen molar-refractivity contribution in [3.05, 3.63) is 65.7 Å². The Hall–Kier alpha value is -3.06. The second-order valence-corrected chi connectivity index (χ2v) is 4.81. The molecule has 0 saturated carbocycles. The number of carbonyl (C=O) groups is 2. The lowest BCUT2D eigenvalue weighted by atomic mass is 10.1. The molecule has 0 saturated heterocycles. The van der Waals surface area contributed by atoms with Crippen molar-refractivity contribution in [1.29, 1.82) is 0 Å². The van der Waals surface area contributed by atoms with Crippen molar-refractivity contribution in [2.75, 3.05) is 13.2 Å². The van der Waals surface area contributed by atoms with Gasteiger partial charge in [0, 0.05) is 11.1 Å². The van der Waals surface area contributed by atoms with Gasteiger partial charge >= 0.3 is 0 Å². The first-order valence-electron chi connectivity index (χ1n) is 7.19. The van der Waals surface area contributed by atoms with Crippen molar-refractivity contribution >= 4 is 11.7 Å². The highest BCUT2D eigenvalue weighted by molar-refractivity contribution is 5.94. The van der Waals surface area contributed by atoms with Gasteiger partial charge in [0.05, 0.1) is 6.54 Å². The van der Waals surface area contributed by atoms with Crippen LogP contribution in [0.4, 0.5) is 0 Å². The summed E-state index contributed by atoms with van der Waals surface area (Å²) in [7, 11) is 0. The van der Waals surface area contributed by atoms with E-state index in [4.69, 9.17) is 4.74 Å². The fraction of sp³-hybridized carbons (Fsp3) is 0.158. The summed E-state index contributed by atoms with van der Waals surface area (Å²) in [5.41, 5.74) is 1.52. The highest BCUT2D eigenvalue weighted by atomic mass is 16.5. The van der Waals surface area contributed by atoms with Crippen LogP contribution in [0.15, 0.2) is 54.6 Å². The van der Waals surface area contributed by atoms with Crippen LogP contribution in [-0.4, -0.2) is 24.8 Å². The van der Waals surface area contributed by atoms with E-state index in [1.807, 2.05) is 30.3 Å². The van der Waals surface area contributed by atoms with Crippen LogP contribution in [0.2, 0.25) is 0 Å². The number of benzene rings is 2. The summed E-state index contributed by atoms with van der Waals surface area (Å²) in [6, 6.07) is 16.2. The van der Waals surface area contributed by atoms with Crippen LogP contribution < -0.4 is 10.1 Å². The molecule has 4 heteroatoms. The minimum absolute atomic E-state index is 0.00807. The smallest absolute Gasteiger partial charge is 0.258 e. The molecule has 0 heterocycles. The van der Waals surface area contributed by atoms with Gasteiger partial charge < -0.3 is 10.1 Å². The fourth-order valence-corrected chi connectivity index (χ4v) is 1.80. The van der Waals surface area contributed by atoms with Crippen LogP contribution in [0.25, 0.3) is 0 Å². The molecule has 0 bridgehead atoms. The predicted octanol–water partition coefficient (Wildman–Crippen LogP) is 2.44. The number of ether oxygens (including phenoxy) is 1. The maximum atomic E-state index is 11.6. The number of rotatable bonds is 5. The van der Waals surface area contributed by atoms with Crippen LogP contribution in [-0.2, 0) is 4.79 Å². The van der Waals surface area contributed by atoms with Crippen LogP contribution in [0.5, 0.6) is 5.75 Å². The lowest BCUT2D eigenvalue weighted by molar-refractivity contribution is -0.122. The maximum absolute atomic E-state index is 11.6. The van der Waals surface area contributed by atoms with Crippen molar-refractivity contribution in [2.45, 2.75) is 6.92 Å². The third kappa shape index (κ3) is 5.68. The van der Waals surface area contributed by atoms with Crippen LogP contribution in [0.1, 0.15) is 22.8 Å². The summed E-state index contributed by atoms with van der Waals surface area (Å²) < 4.78 is 5.35. The Morgan fingerprint density at radius 1 is 1.04 bits per heavy atom. The number of hydrogen-bond donors (Lipinski definition) is 1. The molecular formula is C19H17NO3. The number of Topliss-reactive ketones (excluding diaryl/α,β-unsaturated/α-hetero) is 1. The summed E-state index contributed by atoms with van der Waals surface area (Å²) >= 11 is 0. The van der Waals surface area contributed by atoms with Crippen LogP contribution >= 0.6 is 0 Å². The van der Waals surface area contributed by atoms with Gasteiger partial charge in [0.1, 0.15) is 5.75 Å². The minimum Gasteiger partial charge on any atom is -0.484 e. The molecule has 2 aromatic carbocycles. The van der Waals surface area contributed by atoms with E-state index >= 15 is 0 Å².